The summed E-state index contributed by atoms with van der Waals surface area (Å²) in [7, 11) is -7.69. The summed E-state index contributed by atoms with van der Waals surface area (Å²) in [5.41, 5.74) is 0. The average molecular weight is 658 g/mol. The van der Waals surface area contributed by atoms with E-state index in [9.17, 15) is 91.8 Å². The van der Waals surface area contributed by atoms with Gasteiger partial charge >= 0.3 is 63.0 Å². The minimum atomic E-state index is -9.15. The predicted octanol–water partition coefficient (Wildman–Crippen LogP) is 7.64. The molecule has 0 aliphatic rings. The molecule has 0 radical (unpaired) electrons. The van der Waals surface area contributed by atoms with Crippen molar-refractivity contribution in [2.75, 3.05) is 0 Å². The first kappa shape index (κ1) is 35.2. The third-order valence-corrected chi connectivity index (χ3v) is 6.70. The van der Waals surface area contributed by atoms with Crippen molar-refractivity contribution < 1.29 is 95.5 Å². The first-order valence-electron chi connectivity index (χ1n) is 8.58. The monoisotopic (exact) mass is 658 g/mol. The van der Waals surface area contributed by atoms with Gasteiger partial charge in [0, 0.05) is 16.9 Å². The van der Waals surface area contributed by atoms with Gasteiger partial charge < -0.3 is 0 Å². The summed E-state index contributed by atoms with van der Waals surface area (Å²) in [5.74, 6) is -62.1. The molecule has 1 rings (SSSR count). The van der Waals surface area contributed by atoms with Crippen molar-refractivity contribution >= 4 is 22.2 Å². The van der Waals surface area contributed by atoms with E-state index < -0.39 is 79.9 Å². The number of halogens is 19. The van der Waals surface area contributed by atoms with E-state index in [0.29, 0.717) is 0 Å². The fourth-order valence-electron chi connectivity index (χ4n) is 2.11. The first-order valence-corrected chi connectivity index (χ1v) is 10.7. The summed E-state index contributed by atoms with van der Waals surface area (Å²) in [6.45, 7) is 0. The Morgan fingerprint density at radius 3 is 1.13 bits per heavy atom. The van der Waals surface area contributed by atoms with Gasteiger partial charge in [-0.3, -0.25) is 0 Å². The van der Waals surface area contributed by atoms with Gasteiger partial charge in [-0.25, -0.2) is 0 Å². The third-order valence-electron chi connectivity index (χ3n) is 4.36. The van der Waals surface area contributed by atoms with Crippen LogP contribution in [0.2, 0.25) is 0 Å². The van der Waals surface area contributed by atoms with Crippen molar-refractivity contribution in [3.63, 3.8) is 0 Å². The number of hydrogen-bond acceptors (Lipinski definition) is 4. The minimum absolute atomic E-state index is 0.615. The molecule has 0 aliphatic carbocycles. The molecule has 0 heterocycles. The molecule has 0 N–H and O–H groups in total. The van der Waals surface area contributed by atoms with Gasteiger partial charge in [-0.1, -0.05) is 18.2 Å². The zero-order chi connectivity index (χ0) is 31.5. The molecule has 0 aromatic heterocycles. The highest BCUT2D eigenvalue weighted by Crippen LogP contribution is 2.65. The topological polar surface area (TPSA) is 43.4 Å². The number of hydrogen-bond donors (Lipinski definition) is 0. The molecule has 0 spiro atoms. The molecule has 0 atom stereocenters. The Morgan fingerprint density at radius 2 is 0.795 bits per heavy atom. The van der Waals surface area contributed by atoms with Gasteiger partial charge in [-0.05, 0) is 12.1 Å². The maximum atomic E-state index is 13.8. The molecular weight excluding hydrogens is 653 g/mol. The Kier molecular flexibility index (Phi) is 8.67. The van der Waals surface area contributed by atoms with Crippen LogP contribution in [0.3, 0.4) is 0 Å². The summed E-state index contributed by atoms with van der Waals surface area (Å²) < 4.78 is 278. The molecule has 228 valence electrons. The van der Waals surface area contributed by atoms with E-state index in [1.807, 2.05) is 0 Å². The molecule has 1 aromatic carbocycles. The summed E-state index contributed by atoms with van der Waals surface area (Å²) in [6, 6.07) is 4.66. The Bertz CT molecular complexity index is 1130. The minimum Gasteiger partial charge on any atom is -0.192 e. The highest BCUT2D eigenvalue weighted by Gasteiger charge is 2.97. The summed E-state index contributed by atoms with van der Waals surface area (Å²) in [4.78, 5) is -0.615. The van der Waals surface area contributed by atoms with Crippen molar-refractivity contribution in [1.82, 2.24) is 0 Å². The number of benzene rings is 1. The van der Waals surface area contributed by atoms with Gasteiger partial charge in [0.25, 0.3) is 0 Å². The van der Waals surface area contributed by atoms with Crippen LogP contribution in [0.1, 0.15) is 0 Å². The van der Waals surface area contributed by atoms with E-state index in [2.05, 4.69) is 3.63 Å². The van der Waals surface area contributed by atoms with Crippen LogP contribution in [0.15, 0.2) is 35.2 Å². The van der Waals surface area contributed by atoms with Gasteiger partial charge in [0.2, 0.25) is 0 Å². The SMILES string of the molecule is O=S(=O)(OSc1ccccc1)C(F)(F)C(F)(F)C(F)(F)C(F)(F)C(F)(F)C(F)(F)C(F)(F)C(F)(F)C(F)(F)F. The molecule has 24 heteroatoms. The van der Waals surface area contributed by atoms with Crippen molar-refractivity contribution in [1.29, 1.82) is 0 Å². The summed E-state index contributed by atoms with van der Waals surface area (Å²) >= 11 is -0.884. The number of alkyl halides is 19. The fourth-order valence-corrected chi connectivity index (χ4v) is 3.83. The Morgan fingerprint density at radius 1 is 0.487 bits per heavy atom. The van der Waals surface area contributed by atoms with Crippen molar-refractivity contribution in [2.45, 2.75) is 57.8 Å². The molecule has 0 amide bonds. The van der Waals surface area contributed by atoms with Crippen molar-refractivity contribution in [3.05, 3.63) is 30.3 Å². The second-order valence-corrected chi connectivity index (χ2v) is 9.56. The Labute approximate surface area is 206 Å². The van der Waals surface area contributed by atoms with Crippen LogP contribution in [0.5, 0.6) is 0 Å². The van der Waals surface area contributed by atoms with Crippen molar-refractivity contribution in [2.24, 2.45) is 0 Å². The molecule has 0 unspecified atom stereocenters. The van der Waals surface area contributed by atoms with E-state index in [1.54, 1.807) is 0 Å². The van der Waals surface area contributed by atoms with Crippen LogP contribution in [-0.4, -0.2) is 61.3 Å². The average Bonchev–Trinajstić information content (AvgIpc) is 2.76. The molecule has 3 nitrogen and oxygen atoms in total. The Balaban J connectivity index is 3.66. The molecular formula is C15H5F19O3S2. The van der Waals surface area contributed by atoms with Crippen LogP contribution in [0.25, 0.3) is 0 Å². The van der Waals surface area contributed by atoms with Crippen molar-refractivity contribution in [3.8, 4) is 0 Å². The lowest BCUT2D eigenvalue weighted by molar-refractivity contribution is -0.466. The highest BCUT2D eigenvalue weighted by atomic mass is 32.3. The number of rotatable bonds is 11. The van der Waals surface area contributed by atoms with E-state index in [4.69, 9.17) is 0 Å². The molecule has 0 fully saturated rings. The lowest BCUT2D eigenvalue weighted by Crippen LogP contribution is -2.76. The highest BCUT2D eigenvalue weighted by molar-refractivity contribution is 8.04. The lowest BCUT2D eigenvalue weighted by atomic mass is 9.89. The summed E-state index contributed by atoms with van der Waals surface area (Å²) in [5, 5.41) is -7.82. The molecule has 39 heavy (non-hydrogen) atoms. The van der Waals surface area contributed by atoms with Crippen LogP contribution in [0, 0.1) is 0 Å². The first-order chi connectivity index (χ1) is 16.8. The quantitative estimate of drug-likeness (QED) is 0.181. The molecule has 0 bridgehead atoms. The zero-order valence-electron chi connectivity index (χ0n) is 17.1. The molecule has 0 saturated carbocycles. The Hall–Kier alpha value is -1.85. The van der Waals surface area contributed by atoms with Crippen LogP contribution in [0.4, 0.5) is 83.4 Å². The maximum Gasteiger partial charge on any atom is 0.460 e. The summed E-state index contributed by atoms with van der Waals surface area (Å²) in [6.07, 6.45) is -7.99. The lowest BCUT2D eigenvalue weighted by Gasteiger charge is -2.43. The standard InChI is InChI=1S/C15H5F19O3S2/c16-7(17,8(18,19)10(22,23)12(26,27)14(30,31)32)9(20,21)11(24,25)13(28,29)15(33,34)39(35,36)37-38-6-4-2-1-3-5-6/h1-5H. The van der Waals surface area contributed by atoms with Crippen LogP contribution >= 0.6 is 12.0 Å². The normalized spacial score (nSPS) is 16.0. The second-order valence-electron chi connectivity index (χ2n) is 6.95. The molecule has 0 aliphatic heterocycles. The van der Waals surface area contributed by atoms with Crippen LogP contribution in [-0.2, 0) is 13.7 Å². The van der Waals surface area contributed by atoms with E-state index in [0.717, 1.165) is 30.3 Å². The predicted molar refractivity (Wildman–Crippen MR) is 87.9 cm³/mol. The van der Waals surface area contributed by atoms with E-state index in [1.165, 1.54) is 0 Å². The zero-order valence-corrected chi connectivity index (χ0v) is 18.7. The second kappa shape index (κ2) is 9.62. The van der Waals surface area contributed by atoms with E-state index >= 15 is 0 Å². The van der Waals surface area contributed by atoms with Gasteiger partial charge in [0.15, 0.2) is 0 Å². The van der Waals surface area contributed by atoms with Gasteiger partial charge in [-0.15, -0.1) is 0 Å². The largest absolute Gasteiger partial charge is 0.460 e. The van der Waals surface area contributed by atoms with Gasteiger partial charge in [0.1, 0.15) is 0 Å². The van der Waals surface area contributed by atoms with Gasteiger partial charge in [0.05, 0.1) is 0 Å². The third kappa shape index (κ3) is 4.86. The van der Waals surface area contributed by atoms with Crippen LogP contribution < -0.4 is 0 Å². The molecule has 1 aromatic rings. The smallest absolute Gasteiger partial charge is 0.192 e. The molecule has 0 saturated heterocycles. The maximum absolute atomic E-state index is 13.8. The fraction of sp³-hybridized carbons (Fsp3) is 0.600. The van der Waals surface area contributed by atoms with E-state index in [-0.39, 0.29) is 0 Å². The van der Waals surface area contributed by atoms with Gasteiger partial charge in [-0.2, -0.15) is 95.5 Å².